The standard InChI is InChI=1S/C17H18ClN3O2S/c18-15-7-6-14(24-15)12-16(22)20-8-10-21(11-9-20)17(23)19-13-4-2-1-3-5-13/h1-7H,8-12H2,(H,19,23). The van der Waals surface area contributed by atoms with Gasteiger partial charge in [0.2, 0.25) is 5.91 Å². The predicted molar refractivity (Wildman–Crippen MR) is 96.6 cm³/mol. The summed E-state index contributed by atoms with van der Waals surface area (Å²) >= 11 is 7.32. The van der Waals surface area contributed by atoms with Crippen molar-refractivity contribution in [3.8, 4) is 0 Å². The van der Waals surface area contributed by atoms with Gasteiger partial charge in [-0.25, -0.2) is 4.79 Å². The molecule has 24 heavy (non-hydrogen) atoms. The molecule has 0 bridgehead atoms. The Bertz CT molecular complexity index is 712. The van der Waals surface area contributed by atoms with Gasteiger partial charge in [-0.05, 0) is 24.3 Å². The first-order valence-corrected chi connectivity index (χ1v) is 8.94. The summed E-state index contributed by atoms with van der Waals surface area (Å²) < 4.78 is 0.695. The van der Waals surface area contributed by atoms with E-state index in [1.165, 1.54) is 11.3 Å². The first-order chi connectivity index (χ1) is 11.6. The molecular formula is C17H18ClN3O2S. The summed E-state index contributed by atoms with van der Waals surface area (Å²) in [5.41, 5.74) is 0.774. The highest BCUT2D eigenvalue weighted by Gasteiger charge is 2.24. The second kappa shape index (κ2) is 7.68. The van der Waals surface area contributed by atoms with Gasteiger partial charge in [0.05, 0.1) is 10.8 Å². The van der Waals surface area contributed by atoms with Gasteiger partial charge < -0.3 is 15.1 Å². The number of halogens is 1. The fourth-order valence-electron chi connectivity index (χ4n) is 2.59. The van der Waals surface area contributed by atoms with Crippen LogP contribution in [0.5, 0.6) is 0 Å². The zero-order chi connectivity index (χ0) is 16.9. The number of benzene rings is 1. The smallest absolute Gasteiger partial charge is 0.321 e. The molecule has 1 aromatic carbocycles. The van der Waals surface area contributed by atoms with Crippen LogP contribution in [0.4, 0.5) is 10.5 Å². The quantitative estimate of drug-likeness (QED) is 0.909. The molecule has 7 heteroatoms. The third-order valence-electron chi connectivity index (χ3n) is 3.90. The van der Waals surface area contributed by atoms with Crippen molar-refractivity contribution in [1.29, 1.82) is 0 Å². The number of hydrogen-bond acceptors (Lipinski definition) is 3. The van der Waals surface area contributed by atoms with E-state index in [4.69, 9.17) is 11.6 Å². The number of piperazine rings is 1. The number of hydrogen-bond donors (Lipinski definition) is 1. The van der Waals surface area contributed by atoms with Crippen molar-refractivity contribution in [3.63, 3.8) is 0 Å². The molecule has 5 nitrogen and oxygen atoms in total. The van der Waals surface area contributed by atoms with E-state index in [9.17, 15) is 9.59 Å². The molecule has 0 atom stereocenters. The van der Waals surface area contributed by atoms with Crippen molar-refractivity contribution in [2.24, 2.45) is 0 Å². The SMILES string of the molecule is O=C(Cc1ccc(Cl)s1)N1CCN(C(=O)Nc2ccccc2)CC1. The minimum atomic E-state index is -0.127. The number of thiophene rings is 1. The molecule has 3 rings (SSSR count). The average molecular weight is 364 g/mol. The summed E-state index contributed by atoms with van der Waals surface area (Å²) in [6, 6.07) is 12.9. The monoisotopic (exact) mass is 363 g/mol. The maximum absolute atomic E-state index is 12.3. The minimum absolute atomic E-state index is 0.0802. The molecule has 1 aliphatic heterocycles. The number of rotatable bonds is 3. The summed E-state index contributed by atoms with van der Waals surface area (Å²) in [5, 5.41) is 2.87. The molecule has 1 N–H and O–H groups in total. The third kappa shape index (κ3) is 4.27. The number of anilines is 1. The van der Waals surface area contributed by atoms with E-state index in [0.717, 1.165) is 10.6 Å². The molecule has 2 aromatic rings. The Morgan fingerprint density at radius 3 is 2.29 bits per heavy atom. The number of nitrogens with one attached hydrogen (secondary N) is 1. The van der Waals surface area contributed by atoms with Gasteiger partial charge in [0.15, 0.2) is 0 Å². The highest BCUT2D eigenvalue weighted by molar-refractivity contribution is 7.16. The molecule has 1 aliphatic rings. The molecule has 3 amide bonds. The molecule has 1 aromatic heterocycles. The Labute approximate surface area is 149 Å². The fourth-order valence-corrected chi connectivity index (χ4v) is 3.67. The van der Waals surface area contributed by atoms with Crippen LogP contribution in [0.25, 0.3) is 0 Å². The van der Waals surface area contributed by atoms with E-state index in [-0.39, 0.29) is 11.9 Å². The van der Waals surface area contributed by atoms with Crippen LogP contribution in [-0.2, 0) is 11.2 Å². The Kier molecular flexibility index (Phi) is 5.37. The molecule has 1 fully saturated rings. The number of para-hydroxylation sites is 1. The van der Waals surface area contributed by atoms with Crippen LogP contribution in [0.3, 0.4) is 0 Å². The van der Waals surface area contributed by atoms with Crippen molar-refractivity contribution in [3.05, 3.63) is 51.7 Å². The summed E-state index contributed by atoms with van der Waals surface area (Å²) in [6.45, 7) is 2.19. The molecule has 0 radical (unpaired) electrons. The van der Waals surface area contributed by atoms with Gasteiger partial charge in [0.25, 0.3) is 0 Å². The van der Waals surface area contributed by atoms with Crippen LogP contribution in [-0.4, -0.2) is 47.9 Å². The van der Waals surface area contributed by atoms with Crippen molar-refractivity contribution >= 4 is 40.6 Å². The lowest BCUT2D eigenvalue weighted by atomic mass is 10.2. The third-order valence-corrected chi connectivity index (χ3v) is 5.13. The van der Waals surface area contributed by atoms with Crippen molar-refractivity contribution < 1.29 is 9.59 Å². The minimum Gasteiger partial charge on any atom is -0.339 e. The Morgan fingerprint density at radius 1 is 1.00 bits per heavy atom. The van der Waals surface area contributed by atoms with E-state index >= 15 is 0 Å². The van der Waals surface area contributed by atoms with Crippen molar-refractivity contribution in [1.82, 2.24) is 9.80 Å². The lowest BCUT2D eigenvalue weighted by Gasteiger charge is -2.34. The predicted octanol–water partition coefficient (Wildman–Crippen LogP) is 3.32. The summed E-state index contributed by atoms with van der Waals surface area (Å²) in [7, 11) is 0. The van der Waals surface area contributed by atoms with Gasteiger partial charge in [-0.1, -0.05) is 29.8 Å². The van der Waals surface area contributed by atoms with Crippen molar-refractivity contribution in [2.45, 2.75) is 6.42 Å². The van der Waals surface area contributed by atoms with E-state index < -0.39 is 0 Å². The fraction of sp³-hybridized carbons (Fsp3) is 0.294. The lowest BCUT2D eigenvalue weighted by Crippen LogP contribution is -2.52. The molecule has 0 saturated carbocycles. The maximum Gasteiger partial charge on any atom is 0.321 e. The molecule has 1 saturated heterocycles. The van der Waals surface area contributed by atoms with Crippen LogP contribution < -0.4 is 5.32 Å². The Hall–Kier alpha value is -2.05. The number of carbonyl (C=O) groups excluding carboxylic acids is 2. The largest absolute Gasteiger partial charge is 0.339 e. The number of amides is 3. The van der Waals surface area contributed by atoms with E-state index in [2.05, 4.69) is 5.32 Å². The van der Waals surface area contributed by atoms with Crippen molar-refractivity contribution in [2.75, 3.05) is 31.5 Å². The highest BCUT2D eigenvalue weighted by Crippen LogP contribution is 2.22. The summed E-state index contributed by atoms with van der Waals surface area (Å²) in [5.74, 6) is 0.0802. The van der Waals surface area contributed by atoms with Gasteiger partial charge in [-0.2, -0.15) is 0 Å². The first-order valence-electron chi connectivity index (χ1n) is 7.75. The number of carbonyl (C=O) groups is 2. The normalized spacial score (nSPS) is 14.5. The van der Waals surface area contributed by atoms with Gasteiger partial charge in [0, 0.05) is 36.7 Å². The Balaban J connectivity index is 1.48. The number of nitrogens with zero attached hydrogens (tertiary/aromatic N) is 2. The second-order valence-corrected chi connectivity index (χ2v) is 7.35. The van der Waals surface area contributed by atoms with E-state index in [1.54, 1.807) is 15.9 Å². The topological polar surface area (TPSA) is 52.7 Å². The van der Waals surface area contributed by atoms with E-state index in [1.807, 2.05) is 36.4 Å². The zero-order valence-electron chi connectivity index (χ0n) is 13.1. The van der Waals surface area contributed by atoms with Crippen LogP contribution >= 0.6 is 22.9 Å². The molecule has 2 heterocycles. The van der Waals surface area contributed by atoms with Gasteiger partial charge in [-0.3, -0.25) is 4.79 Å². The highest BCUT2D eigenvalue weighted by atomic mass is 35.5. The number of urea groups is 1. The van der Waals surface area contributed by atoms with Crippen LogP contribution in [0.2, 0.25) is 4.34 Å². The van der Waals surface area contributed by atoms with Crippen LogP contribution in [0.1, 0.15) is 4.88 Å². The van der Waals surface area contributed by atoms with Gasteiger partial charge in [-0.15, -0.1) is 11.3 Å². The Morgan fingerprint density at radius 2 is 1.67 bits per heavy atom. The second-order valence-electron chi connectivity index (χ2n) is 5.55. The molecular weight excluding hydrogens is 346 g/mol. The van der Waals surface area contributed by atoms with E-state index in [0.29, 0.717) is 36.9 Å². The van der Waals surface area contributed by atoms with Gasteiger partial charge in [0.1, 0.15) is 0 Å². The lowest BCUT2D eigenvalue weighted by molar-refractivity contribution is -0.131. The summed E-state index contributed by atoms with van der Waals surface area (Å²) in [4.78, 5) is 29.1. The molecule has 0 spiro atoms. The summed E-state index contributed by atoms with van der Waals surface area (Å²) in [6.07, 6.45) is 0.369. The van der Waals surface area contributed by atoms with Crippen LogP contribution in [0.15, 0.2) is 42.5 Å². The molecule has 0 unspecified atom stereocenters. The van der Waals surface area contributed by atoms with Gasteiger partial charge >= 0.3 is 6.03 Å². The zero-order valence-corrected chi connectivity index (χ0v) is 14.6. The molecule has 0 aliphatic carbocycles. The molecule has 126 valence electrons. The van der Waals surface area contributed by atoms with Crippen LogP contribution in [0, 0.1) is 0 Å². The average Bonchev–Trinajstić information content (AvgIpc) is 3.00. The maximum atomic E-state index is 12.3. The first kappa shape index (κ1) is 16.8.